The van der Waals surface area contributed by atoms with Crippen LogP contribution in [-0.4, -0.2) is 43.7 Å². The van der Waals surface area contributed by atoms with Crippen molar-refractivity contribution in [2.24, 2.45) is 0 Å². The molecule has 7 heteroatoms. The molecule has 0 saturated heterocycles. The molecule has 0 radical (unpaired) electrons. The molecule has 150 valence electrons. The molecule has 1 heterocycles. The molecule has 29 heavy (non-hydrogen) atoms. The number of methoxy groups -OCH3 is 1. The number of benzene rings is 2. The standard InChI is InChI=1S/C22H23N3O4/c1-25(19-11-12-29-20-10-6-5-9-17(19)20)22(27)24-18(21(26)28-2)13-15-7-3-4-8-16(15)14-23/h3-10,18-19H,11-13H2,1-2H3,(H,24,27)/t18-,19-/m0/s1. The summed E-state index contributed by atoms with van der Waals surface area (Å²) in [5.74, 6) is 0.197. The van der Waals surface area contributed by atoms with Gasteiger partial charge in [-0.2, -0.15) is 5.26 Å². The quantitative estimate of drug-likeness (QED) is 0.789. The number of ether oxygens (including phenoxy) is 2. The van der Waals surface area contributed by atoms with E-state index in [1.165, 1.54) is 7.11 Å². The van der Waals surface area contributed by atoms with Crippen LogP contribution in [0.15, 0.2) is 48.5 Å². The molecule has 2 amide bonds. The smallest absolute Gasteiger partial charge is 0.328 e. The van der Waals surface area contributed by atoms with E-state index in [2.05, 4.69) is 11.4 Å². The van der Waals surface area contributed by atoms with Crippen LogP contribution >= 0.6 is 0 Å². The Kier molecular flexibility index (Phi) is 6.35. The maximum atomic E-state index is 12.9. The predicted molar refractivity (Wildman–Crippen MR) is 106 cm³/mol. The highest BCUT2D eigenvalue weighted by Gasteiger charge is 2.30. The summed E-state index contributed by atoms with van der Waals surface area (Å²) in [7, 11) is 2.97. The summed E-state index contributed by atoms with van der Waals surface area (Å²) >= 11 is 0. The summed E-state index contributed by atoms with van der Waals surface area (Å²) in [6.45, 7) is 0.509. The van der Waals surface area contributed by atoms with Crippen molar-refractivity contribution in [2.45, 2.75) is 24.9 Å². The molecular formula is C22H23N3O4. The first-order valence-electron chi connectivity index (χ1n) is 9.36. The topological polar surface area (TPSA) is 91.7 Å². The molecule has 0 aliphatic carbocycles. The lowest BCUT2D eigenvalue weighted by Gasteiger charge is -2.34. The number of carbonyl (C=O) groups is 2. The van der Waals surface area contributed by atoms with Crippen molar-refractivity contribution in [3.63, 3.8) is 0 Å². The van der Waals surface area contributed by atoms with Gasteiger partial charge in [-0.1, -0.05) is 36.4 Å². The molecule has 0 spiro atoms. The number of hydrogen-bond donors (Lipinski definition) is 1. The van der Waals surface area contributed by atoms with Gasteiger partial charge >= 0.3 is 12.0 Å². The van der Waals surface area contributed by atoms with E-state index in [0.29, 0.717) is 24.2 Å². The second-order valence-electron chi connectivity index (χ2n) is 6.80. The zero-order valence-electron chi connectivity index (χ0n) is 16.4. The summed E-state index contributed by atoms with van der Waals surface area (Å²) in [6, 6.07) is 15.2. The van der Waals surface area contributed by atoms with E-state index in [-0.39, 0.29) is 12.5 Å². The minimum absolute atomic E-state index is 0.162. The Bertz CT molecular complexity index is 938. The molecular weight excluding hydrogens is 370 g/mol. The highest BCUT2D eigenvalue weighted by molar-refractivity contribution is 5.84. The third-order valence-electron chi connectivity index (χ3n) is 5.06. The molecule has 0 fully saturated rings. The molecule has 1 aliphatic heterocycles. The van der Waals surface area contributed by atoms with Gasteiger partial charge in [0.1, 0.15) is 11.8 Å². The van der Waals surface area contributed by atoms with E-state index in [4.69, 9.17) is 9.47 Å². The van der Waals surface area contributed by atoms with Crippen molar-refractivity contribution in [3.8, 4) is 11.8 Å². The first-order valence-corrected chi connectivity index (χ1v) is 9.36. The molecule has 2 aromatic rings. The lowest BCUT2D eigenvalue weighted by atomic mass is 9.99. The van der Waals surface area contributed by atoms with E-state index < -0.39 is 18.0 Å². The van der Waals surface area contributed by atoms with Crippen LogP contribution in [0.4, 0.5) is 4.79 Å². The number of nitriles is 1. The highest BCUT2D eigenvalue weighted by atomic mass is 16.5. The second-order valence-corrected chi connectivity index (χ2v) is 6.80. The number of hydrogen-bond acceptors (Lipinski definition) is 5. The number of nitrogens with one attached hydrogen (secondary N) is 1. The summed E-state index contributed by atoms with van der Waals surface area (Å²) in [5.41, 5.74) is 2.06. The van der Waals surface area contributed by atoms with Crippen LogP contribution in [0.25, 0.3) is 0 Å². The maximum Gasteiger partial charge on any atom is 0.328 e. The predicted octanol–water partition coefficient (Wildman–Crippen LogP) is 2.81. The van der Waals surface area contributed by atoms with Gasteiger partial charge in [0.2, 0.25) is 0 Å². The lowest BCUT2D eigenvalue weighted by molar-refractivity contribution is -0.142. The van der Waals surface area contributed by atoms with Crippen LogP contribution in [0.1, 0.15) is 29.2 Å². The third kappa shape index (κ3) is 4.49. The third-order valence-corrected chi connectivity index (χ3v) is 5.06. The van der Waals surface area contributed by atoms with Crippen LogP contribution in [-0.2, 0) is 16.0 Å². The van der Waals surface area contributed by atoms with Gasteiger partial charge in [0.15, 0.2) is 0 Å². The van der Waals surface area contributed by atoms with E-state index in [1.807, 2.05) is 24.3 Å². The Hall–Kier alpha value is -3.53. The first kappa shape index (κ1) is 20.2. The number of nitrogens with zero attached hydrogens (tertiary/aromatic N) is 2. The largest absolute Gasteiger partial charge is 0.493 e. The minimum atomic E-state index is -0.903. The number of carbonyl (C=O) groups excluding carboxylic acids is 2. The van der Waals surface area contributed by atoms with Crippen LogP contribution in [0, 0.1) is 11.3 Å². The van der Waals surface area contributed by atoms with Gasteiger partial charge in [-0.25, -0.2) is 9.59 Å². The number of rotatable bonds is 5. The highest BCUT2D eigenvalue weighted by Crippen LogP contribution is 2.35. The van der Waals surface area contributed by atoms with Crippen LogP contribution in [0.5, 0.6) is 5.75 Å². The number of amides is 2. The average molecular weight is 393 g/mol. The van der Waals surface area contributed by atoms with Gasteiger partial charge in [0, 0.05) is 25.5 Å². The van der Waals surface area contributed by atoms with Gasteiger partial charge in [-0.15, -0.1) is 0 Å². The van der Waals surface area contributed by atoms with Crippen molar-refractivity contribution >= 4 is 12.0 Å². The molecule has 1 N–H and O–H groups in total. The Morgan fingerprint density at radius 2 is 2.00 bits per heavy atom. The van der Waals surface area contributed by atoms with Crippen LogP contribution < -0.4 is 10.1 Å². The zero-order valence-corrected chi connectivity index (χ0v) is 16.4. The first-order chi connectivity index (χ1) is 14.0. The molecule has 2 atom stereocenters. The number of para-hydroxylation sites is 1. The van der Waals surface area contributed by atoms with Crippen LogP contribution in [0.3, 0.4) is 0 Å². The van der Waals surface area contributed by atoms with Crippen molar-refractivity contribution in [2.75, 3.05) is 20.8 Å². The van der Waals surface area contributed by atoms with Crippen LogP contribution in [0.2, 0.25) is 0 Å². The van der Waals surface area contributed by atoms with Crippen molar-refractivity contribution in [1.82, 2.24) is 10.2 Å². The molecule has 0 bridgehead atoms. The molecule has 0 aromatic heterocycles. The van der Waals surface area contributed by atoms with Gasteiger partial charge < -0.3 is 19.7 Å². The molecule has 0 saturated carbocycles. The fourth-order valence-corrected chi connectivity index (χ4v) is 3.48. The summed E-state index contributed by atoms with van der Waals surface area (Å²) < 4.78 is 10.5. The molecule has 7 nitrogen and oxygen atoms in total. The minimum Gasteiger partial charge on any atom is -0.493 e. The number of urea groups is 1. The van der Waals surface area contributed by atoms with E-state index in [9.17, 15) is 14.9 Å². The summed E-state index contributed by atoms with van der Waals surface area (Å²) in [5, 5.41) is 12.0. The maximum absolute atomic E-state index is 12.9. The zero-order chi connectivity index (χ0) is 20.8. The number of fused-ring (bicyclic) bond motifs is 1. The molecule has 2 aromatic carbocycles. The monoisotopic (exact) mass is 393 g/mol. The Balaban J connectivity index is 1.77. The van der Waals surface area contributed by atoms with E-state index >= 15 is 0 Å². The lowest BCUT2D eigenvalue weighted by Crippen LogP contribution is -2.49. The number of esters is 1. The van der Waals surface area contributed by atoms with Crippen molar-refractivity contribution < 1.29 is 19.1 Å². The molecule has 0 unspecified atom stereocenters. The van der Waals surface area contributed by atoms with Gasteiger partial charge in [0.25, 0.3) is 0 Å². The van der Waals surface area contributed by atoms with E-state index in [0.717, 1.165) is 11.3 Å². The van der Waals surface area contributed by atoms with Crippen molar-refractivity contribution in [3.05, 3.63) is 65.2 Å². The molecule has 3 rings (SSSR count). The van der Waals surface area contributed by atoms with E-state index in [1.54, 1.807) is 36.2 Å². The van der Waals surface area contributed by atoms with Gasteiger partial charge in [-0.3, -0.25) is 0 Å². The van der Waals surface area contributed by atoms with Crippen molar-refractivity contribution in [1.29, 1.82) is 5.26 Å². The van der Waals surface area contributed by atoms with Gasteiger partial charge in [0.05, 0.1) is 31.4 Å². The second kappa shape index (κ2) is 9.11. The molecule has 1 aliphatic rings. The Labute approximate surface area is 169 Å². The fourth-order valence-electron chi connectivity index (χ4n) is 3.48. The Morgan fingerprint density at radius 1 is 1.28 bits per heavy atom. The Morgan fingerprint density at radius 3 is 2.76 bits per heavy atom. The average Bonchev–Trinajstić information content (AvgIpc) is 2.77. The summed E-state index contributed by atoms with van der Waals surface area (Å²) in [4.78, 5) is 26.8. The van der Waals surface area contributed by atoms with Gasteiger partial charge in [-0.05, 0) is 17.7 Å². The SMILES string of the molecule is COC(=O)[C@H](Cc1ccccc1C#N)NC(=O)N(C)[C@H]1CCOc2ccccc21. The summed E-state index contributed by atoms with van der Waals surface area (Å²) in [6.07, 6.45) is 0.821. The normalized spacial score (nSPS) is 15.8. The fraction of sp³-hybridized carbons (Fsp3) is 0.318.